The van der Waals surface area contributed by atoms with Gasteiger partial charge >= 0.3 is 5.97 Å². The highest BCUT2D eigenvalue weighted by Gasteiger charge is 2.14. The Bertz CT molecular complexity index is 337. The first kappa shape index (κ1) is 13.7. The van der Waals surface area contributed by atoms with Gasteiger partial charge in [-0.3, -0.25) is 4.79 Å². The molecular weight excluding hydrogens is 214 g/mol. The van der Waals surface area contributed by atoms with Crippen molar-refractivity contribution in [2.24, 2.45) is 0 Å². The fraction of sp³-hybridized carbons (Fsp3) is 0.500. The zero-order chi connectivity index (χ0) is 12.7. The first-order chi connectivity index (χ1) is 8.13. The van der Waals surface area contributed by atoms with Crippen molar-refractivity contribution in [2.75, 3.05) is 13.6 Å². The number of aliphatic carboxylic acids is 1. The summed E-state index contributed by atoms with van der Waals surface area (Å²) < 4.78 is 0. The van der Waals surface area contributed by atoms with Gasteiger partial charge in [-0.1, -0.05) is 37.3 Å². The molecule has 3 heteroatoms. The highest BCUT2D eigenvalue weighted by molar-refractivity contribution is 5.66. The summed E-state index contributed by atoms with van der Waals surface area (Å²) in [4.78, 5) is 12.7. The third-order valence-corrected chi connectivity index (χ3v) is 3.09. The molecule has 1 aromatic carbocycles. The Morgan fingerprint density at radius 1 is 1.35 bits per heavy atom. The van der Waals surface area contributed by atoms with Crippen LogP contribution in [0.25, 0.3) is 0 Å². The summed E-state index contributed by atoms with van der Waals surface area (Å²) in [5.41, 5.74) is 1.31. The number of carboxylic acid groups (broad SMARTS) is 1. The van der Waals surface area contributed by atoms with Crippen molar-refractivity contribution in [3.05, 3.63) is 35.9 Å². The van der Waals surface area contributed by atoms with Crippen LogP contribution >= 0.6 is 0 Å². The third kappa shape index (κ3) is 5.00. The summed E-state index contributed by atoms with van der Waals surface area (Å²) in [7, 11) is 2.00. The molecule has 0 saturated carbocycles. The van der Waals surface area contributed by atoms with Crippen molar-refractivity contribution in [1.29, 1.82) is 0 Å². The quantitative estimate of drug-likeness (QED) is 0.789. The van der Waals surface area contributed by atoms with Gasteiger partial charge in [-0.05, 0) is 25.5 Å². The molecule has 0 radical (unpaired) electrons. The molecule has 3 nitrogen and oxygen atoms in total. The van der Waals surface area contributed by atoms with Crippen LogP contribution in [0.4, 0.5) is 0 Å². The highest BCUT2D eigenvalue weighted by Crippen LogP contribution is 2.11. The lowest BCUT2D eigenvalue weighted by atomic mass is 10.0. The van der Waals surface area contributed by atoms with E-state index in [2.05, 4.69) is 24.0 Å². The van der Waals surface area contributed by atoms with Crippen molar-refractivity contribution >= 4 is 5.97 Å². The molecule has 0 aromatic heterocycles. The van der Waals surface area contributed by atoms with Crippen LogP contribution in [0.15, 0.2) is 30.3 Å². The normalized spacial score (nSPS) is 12.6. The number of carbonyl (C=O) groups is 1. The van der Waals surface area contributed by atoms with Crippen LogP contribution in [0.2, 0.25) is 0 Å². The smallest absolute Gasteiger partial charge is 0.304 e. The summed E-state index contributed by atoms with van der Waals surface area (Å²) in [6.07, 6.45) is 2.22. The zero-order valence-electron chi connectivity index (χ0n) is 10.6. The SMILES string of the molecule is CCC(Cc1ccccc1)N(C)CCC(=O)O. The minimum absolute atomic E-state index is 0.210. The summed E-state index contributed by atoms with van der Waals surface area (Å²) in [6.45, 7) is 2.76. The second-order valence-electron chi connectivity index (χ2n) is 4.38. The molecule has 1 rings (SSSR count). The number of carboxylic acids is 1. The Kier molecular flexibility index (Phi) is 5.70. The van der Waals surface area contributed by atoms with E-state index in [-0.39, 0.29) is 6.42 Å². The second-order valence-corrected chi connectivity index (χ2v) is 4.38. The van der Waals surface area contributed by atoms with Gasteiger partial charge in [0.15, 0.2) is 0 Å². The van der Waals surface area contributed by atoms with Gasteiger partial charge in [0.2, 0.25) is 0 Å². The van der Waals surface area contributed by atoms with Gasteiger partial charge < -0.3 is 10.0 Å². The fourth-order valence-electron chi connectivity index (χ4n) is 1.95. The van der Waals surface area contributed by atoms with Crippen LogP contribution < -0.4 is 0 Å². The summed E-state index contributed by atoms with van der Waals surface area (Å²) in [5.74, 6) is -0.730. The standard InChI is InChI=1S/C14H21NO2/c1-3-13(15(2)10-9-14(16)17)11-12-7-5-4-6-8-12/h4-8,13H,3,9-11H2,1-2H3,(H,16,17). The number of nitrogens with zero attached hydrogens (tertiary/aromatic N) is 1. The summed E-state index contributed by atoms with van der Waals surface area (Å²) in [6, 6.07) is 10.7. The number of hydrogen-bond donors (Lipinski definition) is 1. The number of likely N-dealkylation sites (N-methyl/N-ethyl adjacent to an activating group) is 1. The molecule has 0 fully saturated rings. The molecule has 1 aromatic rings. The van der Waals surface area contributed by atoms with Crippen LogP contribution in [-0.2, 0) is 11.2 Å². The van der Waals surface area contributed by atoms with Crippen LogP contribution in [0.3, 0.4) is 0 Å². The molecule has 0 spiro atoms. The predicted molar refractivity (Wildman–Crippen MR) is 69.1 cm³/mol. The maximum absolute atomic E-state index is 10.5. The molecule has 17 heavy (non-hydrogen) atoms. The van der Waals surface area contributed by atoms with E-state index >= 15 is 0 Å². The van der Waals surface area contributed by atoms with E-state index in [0.29, 0.717) is 12.6 Å². The first-order valence-corrected chi connectivity index (χ1v) is 6.09. The van der Waals surface area contributed by atoms with E-state index in [9.17, 15) is 4.79 Å². The number of hydrogen-bond acceptors (Lipinski definition) is 2. The molecule has 0 heterocycles. The maximum atomic E-state index is 10.5. The molecule has 1 N–H and O–H groups in total. The highest BCUT2D eigenvalue weighted by atomic mass is 16.4. The maximum Gasteiger partial charge on any atom is 0.304 e. The van der Waals surface area contributed by atoms with E-state index < -0.39 is 5.97 Å². The van der Waals surface area contributed by atoms with E-state index in [4.69, 9.17) is 5.11 Å². The Hall–Kier alpha value is -1.35. The number of benzene rings is 1. The average molecular weight is 235 g/mol. The molecule has 0 aliphatic rings. The molecular formula is C14H21NO2. The van der Waals surface area contributed by atoms with Crippen molar-refractivity contribution in [2.45, 2.75) is 32.2 Å². The van der Waals surface area contributed by atoms with Gasteiger partial charge in [-0.2, -0.15) is 0 Å². The molecule has 0 saturated heterocycles. The minimum atomic E-state index is -0.730. The molecule has 0 aliphatic heterocycles. The van der Waals surface area contributed by atoms with Crippen LogP contribution in [-0.4, -0.2) is 35.6 Å². The van der Waals surface area contributed by atoms with Crippen LogP contribution in [0.1, 0.15) is 25.3 Å². The van der Waals surface area contributed by atoms with Gasteiger partial charge in [-0.25, -0.2) is 0 Å². The van der Waals surface area contributed by atoms with E-state index in [1.54, 1.807) is 0 Å². The second kappa shape index (κ2) is 7.07. The monoisotopic (exact) mass is 235 g/mol. The summed E-state index contributed by atoms with van der Waals surface area (Å²) in [5, 5.41) is 8.68. The molecule has 1 unspecified atom stereocenters. The van der Waals surface area contributed by atoms with Gasteiger partial charge in [0.1, 0.15) is 0 Å². The molecule has 0 bridgehead atoms. The Morgan fingerprint density at radius 2 is 2.00 bits per heavy atom. The van der Waals surface area contributed by atoms with E-state index in [0.717, 1.165) is 12.8 Å². The van der Waals surface area contributed by atoms with Gasteiger partial charge in [0.25, 0.3) is 0 Å². The van der Waals surface area contributed by atoms with Crippen molar-refractivity contribution in [3.63, 3.8) is 0 Å². The fourth-order valence-corrected chi connectivity index (χ4v) is 1.95. The minimum Gasteiger partial charge on any atom is -0.481 e. The van der Waals surface area contributed by atoms with E-state index in [1.807, 2.05) is 25.2 Å². The van der Waals surface area contributed by atoms with Gasteiger partial charge in [-0.15, -0.1) is 0 Å². The van der Waals surface area contributed by atoms with Gasteiger partial charge in [0.05, 0.1) is 6.42 Å². The Morgan fingerprint density at radius 3 is 2.53 bits per heavy atom. The van der Waals surface area contributed by atoms with Crippen molar-refractivity contribution in [1.82, 2.24) is 4.90 Å². The van der Waals surface area contributed by atoms with Crippen molar-refractivity contribution in [3.8, 4) is 0 Å². The van der Waals surface area contributed by atoms with Crippen LogP contribution in [0, 0.1) is 0 Å². The number of rotatable bonds is 7. The average Bonchev–Trinajstić information content (AvgIpc) is 2.34. The van der Waals surface area contributed by atoms with Gasteiger partial charge in [0, 0.05) is 12.6 Å². The topological polar surface area (TPSA) is 40.5 Å². The first-order valence-electron chi connectivity index (χ1n) is 6.09. The van der Waals surface area contributed by atoms with Crippen molar-refractivity contribution < 1.29 is 9.90 Å². The lowest BCUT2D eigenvalue weighted by molar-refractivity contribution is -0.137. The molecule has 94 valence electrons. The predicted octanol–water partition coefficient (Wildman–Crippen LogP) is 2.41. The zero-order valence-corrected chi connectivity index (χ0v) is 10.6. The Labute approximate surface area is 103 Å². The van der Waals surface area contributed by atoms with E-state index in [1.165, 1.54) is 5.56 Å². The molecule has 0 aliphatic carbocycles. The summed E-state index contributed by atoms with van der Waals surface area (Å²) >= 11 is 0. The van der Waals surface area contributed by atoms with Crippen LogP contribution in [0.5, 0.6) is 0 Å². The molecule has 0 amide bonds. The lowest BCUT2D eigenvalue weighted by Crippen LogP contribution is -2.34. The third-order valence-electron chi connectivity index (χ3n) is 3.09. The lowest BCUT2D eigenvalue weighted by Gasteiger charge is -2.26. The molecule has 1 atom stereocenters. The largest absolute Gasteiger partial charge is 0.481 e. The Balaban J connectivity index is 2.50.